The lowest BCUT2D eigenvalue weighted by atomic mass is 9.77. The lowest BCUT2D eigenvalue weighted by Gasteiger charge is -2.34. The molecule has 0 aromatic rings. The summed E-state index contributed by atoms with van der Waals surface area (Å²) in [5.74, 6) is 1.60. The molecule has 1 nitrogen and oxygen atoms in total. The van der Waals surface area contributed by atoms with Crippen LogP contribution in [0.2, 0.25) is 0 Å². The van der Waals surface area contributed by atoms with Crippen molar-refractivity contribution in [3.05, 3.63) is 0 Å². The van der Waals surface area contributed by atoms with E-state index in [0.717, 1.165) is 5.92 Å². The van der Waals surface area contributed by atoms with Gasteiger partial charge in [0.15, 0.2) is 0 Å². The van der Waals surface area contributed by atoms with Gasteiger partial charge in [-0.05, 0) is 64.2 Å². The first-order valence-electron chi connectivity index (χ1n) is 7.32. The Bertz CT molecular complexity index is 251. The van der Waals surface area contributed by atoms with E-state index in [0.29, 0.717) is 17.4 Å². The summed E-state index contributed by atoms with van der Waals surface area (Å²) in [6.07, 6.45) is 9.26. The van der Waals surface area contributed by atoms with Crippen LogP contribution in [0.15, 0.2) is 0 Å². The minimum Gasteiger partial charge on any atom is -0.372 e. The number of halogens is 1. The van der Waals surface area contributed by atoms with Crippen LogP contribution in [0, 0.1) is 11.8 Å². The van der Waals surface area contributed by atoms with E-state index in [-0.39, 0.29) is 5.60 Å². The molecule has 0 aromatic carbocycles. The first-order chi connectivity index (χ1) is 8.00. The zero-order valence-corrected chi connectivity index (χ0v) is 12.3. The maximum atomic E-state index is 6.50. The van der Waals surface area contributed by atoms with Crippen LogP contribution in [-0.4, -0.2) is 17.1 Å². The Kier molecular flexibility index (Phi) is 4.41. The van der Waals surface area contributed by atoms with Crippen LogP contribution in [0.4, 0.5) is 0 Å². The molecule has 2 aliphatic rings. The fraction of sp³-hybridized carbons (Fsp3) is 1.00. The third kappa shape index (κ3) is 3.61. The standard InChI is InChI=1S/C15H27ClO/c1-4-11-5-6-14(16)12(9-11)10-13-7-8-15(2,3)17-13/h11-14H,4-10H2,1-3H3. The molecule has 2 fully saturated rings. The lowest BCUT2D eigenvalue weighted by Crippen LogP contribution is -2.29. The van der Waals surface area contributed by atoms with E-state index >= 15 is 0 Å². The Morgan fingerprint density at radius 3 is 2.59 bits per heavy atom. The Labute approximate surface area is 111 Å². The molecule has 0 aromatic heterocycles. The average Bonchev–Trinajstić information content (AvgIpc) is 2.61. The zero-order valence-electron chi connectivity index (χ0n) is 11.5. The highest BCUT2D eigenvalue weighted by atomic mass is 35.5. The van der Waals surface area contributed by atoms with Crippen molar-refractivity contribution in [1.29, 1.82) is 0 Å². The van der Waals surface area contributed by atoms with Crippen molar-refractivity contribution >= 4 is 11.6 Å². The third-order valence-electron chi connectivity index (χ3n) is 4.70. The molecule has 0 N–H and O–H groups in total. The van der Waals surface area contributed by atoms with Gasteiger partial charge in [0.2, 0.25) is 0 Å². The van der Waals surface area contributed by atoms with Crippen LogP contribution in [0.25, 0.3) is 0 Å². The van der Waals surface area contributed by atoms with Gasteiger partial charge in [-0.1, -0.05) is 13.3 Å². The number of rotatable bonds is 3. The molecule has 1 heterocycles. The van der Waals surface area contributed by atoms with Gasteiger partial charge in [-0.15, -0.1) is 11.6 Å². The van der Waals surface area contributed by atoms with Crippen molar-refractivity contribution in [2.75, 3.05) is 0 Å². The van der Waals surface area contributed by atoms with Crippen LogP contribution < -0.4 is 0 Å². The summed E-state index contributed by atoms with van der Waals surface area (Å²) >= 11 is 6.50. The predicted octanol–water partition coefficient (Wildman–Crippen LogP) is 4.77. The van der Waals surface area contributed by atoms with Gasteiger partial charge in [0.05, 0.1) is 11.7 Å². The van der Waals surface area contributed by atoms with Crippen molar-refractivity contribution in [3.8, 4) is 0 Å². The van der Waals surface area contributed by atoms with Gasteiger partial charge in [-0.3, -0.25) is 0 Å². The fourth-order valence-corrected chi connectivity index (χ4v) is 3.85. The summed E-state index contributed by atoms with van der Waals surface area (Å²) in [7, 11) is 0. The molecule has 1 saturated carbocycles. The summed E-state index contributed by atoms with van der Waals surface area (Å²) in [5.41, 5.74) is 0.102. The first kappa shape index (κ1) is 13.7. The largest absolute Gasteiger partial charge is 0.372 e. The minimum atomic E-state index is 0.102. The Hall–Kier alpha value is 0.250. The topological polar surface area (TPSA) is 9.23 Å². The summed E-state index contributed by atoms with van der Waals surface area (Å²) in [6, 6.07) is 0. The monoisotopic (exact) mass is 258 g/mol. The molecule has 4 unspecified atom stereocenters. The van der Waals surface area contributed by atoms with Crippen LogP contribution in [-0.2, 0) is 4.74 Å². The molecular weight excluding hydrogens is 232 g/mol. The molecule has 0 bridgehead atoms. The highest BCUT2D eigenvalue weighted by Gasteiger charge is 2.36. The maximum absolute atomic E-state index is 6.50. The Balaban J connectivity index is 1.85. The van der Waals surface area contributed by atoms with E-state index in [4.69, 9.17) is 16.3 Å². The van der Waals surface area contributed by atoms with Crippen molar-refractivity contribution in [2.45, 2.75) is 82.8 Å². The van der Waals surface area contributed by atoms with Gasteiger partial charge in [-0.25, -0.2) is 0 Å². The molecular formula is C15H27ClO. The van der Waals surface area contributed by atoms with E-state index in [9.17, 15) is 0 Å². The van der Waals surface area contributed by atoms with Gasteiger partial charge in [0.1, 0.15) is 0 Å². The van der Waals surface area contributed by atoms with Crippen LogP contribution in [0.1, 0.15) is 65.7 Å². The van der Waals surface area contributed by atoms with E-state index < -0.39 is 0 Å². The second-order valence-corrected chi connectivity index (χ2v) is 7.20. The molecule has 1 saturated heterocycles. The number of hydrogen-bond donors (Lipinski definition) is 0. The summed E-state index contributed by atoms with van der Waals surface area (Å²) < 4.78 is 6.11. The van der Waals surface area contributed by atoms with Gasteiger partial charge in [0, 0.05) is 5.38 Å². The molecule has 1 aliphatic carbocycles. The SMILES string of the molecule is CCC1CCC(Cl)C(CC2CCC(C)(C)O2)C1. The summed E-state index contributed by atoms with van der Waals surface area (Å²) in [6.45, 7) is 6.73. The van der Waals surface area contributed by atoms with Gasteiger partial charge in [-0.2, -0.15) is 0 Å². The van der Waals surface area contributed by atoms with Gasteiger partial charge >= 0.3 is 0 Å². The number of alkyl halides is 1. The summed E-state index contributed by atoms with van der Waals surface area (Å²) in [4.78, 5) is 0. The van der Waals surface area contributed by atoms with Crippen molar-refractivity contribution < 1.29 is 4.74 Å². The number of ether oxygens (including phenoxy) is 1. The van der Waals surface area contributed by atoms with Gasteiger partial charge in [0.25, 0.3) is 0 Å². The van der Waals surface area contributed by atoms with Crippen molar-refractivity contribution in [3.63, 3.8) is 0 Å². The number of hydrogen-bond acceptors (Lipinski definition) is 1. The molecule has 0 amide bonds. The third-order valence-corrected chi connectivity index (χ3v) is 5.27. The van der Waals surface area contributed by atoms with E-state index in [2.05, 4.69) is 20.8 Å². The molecule has 2 rings (SSSR count). The first-order valence-corrected chi connectivity index (χ1v) is 7.75. The van der Waals surface area contributed by atoms with Crippen LogP contribution in [0.5, 0.6) is 0 Å². The van der Waals surface area contributed by atoms with Crippen molar-refractivity contribution in [2.24, 2.45) is 11.8 Å². The zero-order chi connectivity index (χ0) is 12.5. The highest BCUT2D eigenvalue weighted by molar-refractivity contribution is 6.20. The molecule has 0 radical (unpaired) electrons. The normalized spacial score (nSPS) is 41.6. The second kappa shape index (κ2) is 5.48. The highest BCUT2D eigenvalue weighted by Crippen LogP contribution is 2.40. The van der Waals surface area contributed by atoms with Gasteiger partial charge < -0.3 is 4.74 Å². The Morgan fingerprint density at radius 2 is 2.00 bits per heavy atom. The fourth-order valence-electron chi connectivity index (χ4n) is 3.52. The molecule has 1 aliphatic heterocycles. The van der Waals surface area contributed by atoms with Crippen molar-refractivity contribution in [1.82, 2.24) is 0 Å². The molecule has 0 spiro atoms. The van der Waals surface area contributed by atoms with Crippen LogP contribution in [0.3, 0.4) is 0 Å². The minimum absolute atomic E-state index is 0.102. The molecule has 17 heavy (non-hydrogen) atoms. The molecule has 2 heteroatoms. The van der Waals surface area contributed by atoms with E-state index in [1.54, 1.807) is 0 Å². The average molecular weight is 259 g/mol. The quantitative estimate of drug-likeness (QED) is 0.663. The second-order valence-electron chi connectivity index (χ2n) is 6.64. The molecule has 4 atom stereocenters. The summed E-state index contributed by atoms with van der Waals surface area (Å²) in [5, 5.41) is 0.394. The smallest absolute Gasteiger partial charge is 0.0631 e. The Morgan fingerprint density at radius 1 is 1.24 bits per heavy atom. The molecule has 100 valence electrons. The van der Waals surface area contributed by atoms with E-state index in [1.807, 2.05) is 0 Å². The van der Waals surface area contributed by atoms with Crippen LogP contribution >= 0.6 is 11.6 Å². The lowest BCUT2D eigenvalue weighted by molar-refractivity contribution is -0.0275. The maximum Gasteiger partial charge on any atom is 0.0631 e. The van der Waals surface area contributed by atoms with E-state index in [1.165, 1.54) is 44.9 Å². The predicted molar refractivity (Wildman–Crippen MR) is 73.6 cm³/mol.